The predicted octanol–water partition coefficient (Wildman–Crippen LogP) is 4.77. The van der Waals surface area contributed by atoms with E-state index in [1.54, 1.807) is 6.92 Å². The third kappa shape index (κ3) is 5.00. The van der Waals surface area contributed by atoms with Gasteiger partial charge in [-0.1, -0.05) is 6.07 Å². The summed E-state index contributed by atoms with van der Waals surface area (Å²) in [6.45, 7) is 1.72. The van der Waals surface area contributed by atoms with Gasteiger partial charge in [0.15, 0.2) is 0 Å². The zero-order chi connectivity index (χ0) is 18.7. The second kappa shape index (κ2) is 7.60. The molecule has 0 unspecified atom stereocenters. The van der Waals surface area contributed by atoms with E-state index in [-0.39, 0.29) is 11.0 Å². The number of hydrogen-bond donors (Lipinski definition) is 0. The summed E-state index contributed by atoms with van der Waals surface area (Å²) in [4.78, 5) is 12.2. The van der Waals surface area contributed by atoms with Crippen molar-refractivity contribution in [3.05, 3.63) is 34.9 Å². The number of nitrogens with zero attached hydrogens (tertiary/aromatic N) is 1. The molecule has 0 aliphatic heterocycles. The van der Waals surface area contributed by atoms with Gasteiger partial charge in [0.1, 0.15) is 0 Å². The van der Waals surface area contributed by atoms with Crippen molar-refractivity contribution < 1.29 is 35.9 Å². The van der Waals surface area contributed by atoms with Gasteiger partial charge in [0.2, 0.25) is 4.38 Å². The van der Waals surface area contributed by atoms with E-state index in [2.05, 4.69) is 0 Å². The summed E-state index contributed by atoms with van der Waals surface area (Å²) in [6.07, 6.45) is -10.3. The van der Waals surface area contributed by atoms with Gasteiger partial charge in [0.05, 0.1) is 23.3 Å². The van der Waals surface area contributed by atoms with E-state index in [4.69, 9.17) is 17.0 Å². The maximum Gasteiger partial charge on any atom is 0.417 e. The number of hydrogen-bond acceptors (Lipinski definition) is 4. The molecule has 1 aromatic carbocycles. The molecule has 0 aromatic heterocycles. The number of carbonyl (C=O) groups excluding carboxylic acids is 1. The lowest BCUT2D eigenvalue weighted by Crippen LogP contribution is -2.28. The summed E-state index contributed by atoms with van der Waals surface area (Å²) in [5.41, 5.74) is -4.82. The molecule has 0 N–H and O–H groups in total. The Bertz CT molecular complexity index is 598. The highest BCUT2D eigenvalue weighted by Crippen LogP contribution is 2.40. The lowest BCUT2D eigenvalue weighted by Gasteiger charge is -2.22. The van der Waals surface area contributed by atoms with Crippen LogP contribution in [0.15, 0.2) is 18.2 Å². The van der Waals surface area contributed by atoms with Gasteiger partial charge in [-0.3, -0.25) is 9.10 Å². The molecule has 1 rings (SSSR count). The molecule has 0 bridgehead atoms. The highest BCUT2D eigenvalue weighted by molar-refractivity contribution is 8.21. The quantitative estimate of drug-likeness (QED) is 0.413. The summed E-state index contributed by atoms with van der Waals surface area (Å²) in [6, 6.07) is 1.43. The molecule has 134 valence electrons. The van der Waals surface area contributed by atoms with Gasteiger partial charge in [-0.15, -0.1) is 0 Å². The van der Waals surface area contributed by atoms with Crippen LogP contribution < -0.4 is 0 Å². The van der Waals surface area contributed by atoms with Crippen LogP contribution in [0.3, 0.4) is 0 Å². The molecule has 0 aliphatic rings. The van der Waals surface area contributed by atoms with Crippen molar-refractivity contribution in [1.29, 1.82) is 0 Å². The third-order valence-corrected chi connectivity index (χ3v) is 3.70. The van der Waals surface area contributed by atoms with Gasteiger partial charge in [-0.25, -0.2) is 0 Å². The first-order chi connectivity index (χ1) is 10.9. The largest absolute Gasteiger partial charge is 0.478 e. The molecule has 1 amide bonds. The molecular formula is C13H11F6NO2S2. The molecule has 0 aliphatic carbocycles. The van der Waals surface area contributed by atoms with E-state index in [0.29, 0.717) is 34.5 Å². The van der Waals surface area contributed by atoms with Gasteiger partial charge < -0.3 is 4.74 Å². The first-order valence-electron chi connectivity index (χ1n) is 6.29. The average Bonchev–Trinajstić information content (AvgIpc) is 2.43. The molecule has 24 heavy (non-hydrogen) atoms. The van der Waals surface area contributed by atoms with Gasteiger partial charge >= 0.3 is 12.4 Å². The maximum absolute atomic E-state index is 13.0. The van der Waals surface area contributed by atoms with Crippen LogP contribution in [0.2, 0.25) is 0 Å². The highest BCUT2D eigenvalue weighted by atomic mass is 32.2. The summed E-state index contributed by atoms with van der Waals surface area (Å²) < 4.78 is 83.4. The van der Waals surface area contributed by atoms with Gasteiger partial charge in [-0.2, -0.15) is 26.3 Å². The number of alkyl halides is 6. The zero-order valence-corrected chi connectivity index (χ0v) is 13.9. The SMILES string of the molecule is CCOC(=S)SN(C)C(=O)c1c(C(F)(F)F)cccc1C(F)(F)F. The Labute approximate surface area is 143 Å². The van der Waals surface area contributed by atoms with E-state index in [1.165, 1.54) is 0 Å². The minimum Gasteiger partial charge on any atom is -0.478 e. The maximum atomic E-state index is 13.0. The zero-order valence-electron chi connectivity index (χ0n) is 12.3. The van der Waals surface area contributed by atoms with Crippen molar-refractivity contribution in [1.82, 2.24) is 4.31 Å². The highest BCUT2D eigenvalue weighted by Gasteiger charge is 2.43. The fourth-order valence-corrected chi connectivity index (χ4v) is 2.73. The molecule has 3 nitrogen and oxygen atoms in total. The third-order valence-electron chi connectivity index (χ3n) is 2.65. The van der Waals surface area contributed by atoms with Crippen molar-refractivity contribution in [2.75, 3.05) is 13.7 Å². The van der Waals surface area contributed by atoms with E-state index in [1.807, 2.05) is 0 Å². The second-order valence-corrected chi connectivity index (χ2v) is 6.03. The Morgan fingerprint density at radius 1 is 1.17 bits per heavy atom. The molecule has 0 radical (unpaired) electrons. The molecule has 1 aromatic rings. The predicted molar refractivity (Wildman–Crippen MR) is 80.4 cm³/mol. The Hall–Kier alpha value is -1.49. The van der Waals surface area contributed by atoms with Crippen LogP contribution in [-0.4, -0.2) is 28.2 Å². The van der Waals surface area contributed by atoms with Crippen LogP contribution in [-0.2, 0) is 17.1 Å². The van der Waals surface area contributed by atoms with Crippen LogP contribution in [0.1, 0.15) is 28.4 Å². The van der Waals surface area contributed by atoms with Crippen LogP contribution in [0.4, 0.5) is 26.3 Å². The molecule has 0 atom stereocenters. The van der Waals surface area contributed by atoms with E-state index in [0.717, 1.165) is 7.05 Å². The number of amides is 1. The van der Waals surface area contributed by atoms with Crippen LogP contribution >= 0.6 is 24.2 Å². The Kier molecular flexibility index (Phi) is 6.51. The fraction of sp³-hybridized carbons (Fsp3) is 0.385. The van der Waals surface area contributed by atoms with E-state index in [9.17, 15) is 31.1 Å². The van der Waals surface area contributed by atoms with Crippen molar-refractivity contribution in [3.63, 3.8) is 0 Å². The number of rotatable bonds is 2. The van der Waals surface area contributed by atoms with E-state index >= 15 is 0 Å². The Morgan fingerprint density at radius 2 is 1.62 bits per heavy atom. The lowest BCUT2D eigenvalue weighted by molar-refractivity contribution is -0.143. The van der Waals surface area contributed by atoms with Crippen LogP contribution in [0.5, 0.6) is 0 Å². The standard InChI is InChI=1S/C13H11F6NO2S2/c1-3-22-11(23)24-20(2)10(21)9-7(12(14,15)16)5-4-6-8(9)13(17,18)19/h4-6H,3H2,1-2H3. The fourth-order valence-electron chi connectivity index (χ4n) is 1.71. The van der Waals surface area contributed by atoms with Gasteiger partial charge in [0.25, 0.3) is 5.91 Å². The number of thiocarbonyl (C=S) groups is 1. The summed E-state index contributed by atoms with van der Waals surface area (Å²) in [7, 11) is 1.01. The average molecular weight is 391 g/mol. The Morgan fingerprint density at radius 3 is 2.00 bits per heavy atom. The minimum absolute atomic E-state index is 0.140. The van der Waals surface area contributed by atoms with Crippen molar-refractivity contribution >= 4 is 34.5 Å². The first-order valence-corrected chi connectivity index (χ1v) is 7.48. The normalized spacial score (nSPS) is 12.0. The molecule has 0 heterocycles. The van der Waals surface area contributed by atoms with Crippen LogP contribution in [0, 0.1) is 0 Å². The second-order valence-electron chi connectivity index (χ2n) is 4.30. The molecule has 0 spiro atoms. The molecular weight excluding hydrogens is 380 g/mol. The van der Waals surface area contributed by atoms with Gasteiger partial charge in [0, 0.05) is 19.0 Å². The number of halogens is 6. The lowest BCUT2D eigenvalue weighted by atomic mass is 9.99. The van der Waals surface area contributed by atoms with Gasteiger partial charge in [-0.05, 0) is 31.3 Å². The number of benzene rings is 1. The van der Waals surface area contributed by atoms with Crippen molar-refractivity contribution in [2.24, 2.45) is 0 Å². The number of ether oxygens (including phenoxy) is 1. The monoisotopic (exact) mass is 391 g/mol. The molecule has 0 saturated carbocycles. The molecule has 11 heteroatoms. The molecule has 0 saturated heterocycles. The number of carbonyl (C=O) groups is 1. The van der Waals surface area contributed by atoms with Crippen molar-refractivity contribution in [2.45, 2.75) is 19.3 Å². The molecule has 0 fully saturated rings. The minimum atomic E-state index is -5.13. The summed E-state index contributed by atoms with van der Waals surface area (Å²) >= 11 is 5.14. The van der Waals surface area contributed by atoms with Crippen molar-refractivity contribution in [3.8, 4) is 0 Å². The van der Waals surface area contributed by atoms with E-state index < -0.39 is 35.0 Å². The van der Waals surface area contributed by atoms with Crippen LogP contribution in [0.25, 0.3) is 0 Å². The first kappa shape index (κ1) is 20.6. The topological polar surface area (TPSA) is 29.5 Å². The smallest absolute Gasteiger partial charge is 0.417 e. The Balaban J connectivity index is 3.38. The summed E-state index contributed by atoms with van der Waals surface area (Å²) in [5, 5.41) is 0. The summed E-state index contributed by atoms with van der Waals surface area (Å²) in [5.74, 6) is -1.48.